The van der Waals surface area contributed by atoms with Gasteiger partial charge >= 0.3 is 0 Å². The van der Waals surface area contributed by atoms with Crippen molar-refractivity contribution in [3.05, 3.63) is 11.6 Å². The Morgan fingerprint density at radius 2 is 1.90 bits per heavy atom. The number of rotatable bonds is 7. The summed E-state index contributed by atoms with van der Waals surface area (Å²) in [5.74, 6) is 1.64. The SMILES string of the molecule is CCCCCCN[C@H]1C[C@@H]2[C@@H]3CC=C4C[C@@H](O)CC[C@]4(C)[C@H]3CC[C@]2(C)[C@@]1(O)[C@@H](C)O. The molecular weight excluding hydrogens is 386 g/mol. The van der Waals surface area contributed by atoms with Gasteiger partial charge in [0, 0.05) is 11.5 Å². The number of hydrogen-bond acceptors (Lipinski definition) is 4. The van der Waals surface area contributed by atoms with Crippen LogP contribution in [0.4, 0.5) is 0 Å². The van der Waals surface area contributed by atoms with E-state index in [1.165, 1.54) is 24.8 Å². The Morgan fingerprint density at radius 1 is 1.13 bits per heavy atom. The zero-order valence-corrected chi connectivity index (χ0v) is 20.4. The Hall–Kier alpha value is -0.420. The molecule has 4 rings (SSSR count). The van der Waals surface area contributed by atoms with Crippen molar-refractivity contribution in [1.29, 1.82) is 0 Å². The van der Waals surface area contributed by atoms with E-state index in [9.17, 15) is 15.3 Å². The number of aliphatic hydroxyl groups is 3. The summed E-state index contributed by atoms with van der Waals surface area (Å²) in [6.07, 6.45) is 13.4. The highest BCUT2D eigenvalue weighted by Gasteiger charge is 2.68. The summed E-state index contributed by atoms with van der Waals surface area (Å²) < 4.78 is 0. The normalized spacial score (nSPS) is 47.8. The second kappa shape index (κ2) is 8.74. The van der Waals surface area contributed by atoms with Gasteiger partial charge in [-0.15, -0.1) is 0 Å². The quantitative estimate of drug-likeness (QED) is 0.351. The van der Waals surface area contributed by atoms with Gasteiger partial charge < -0.3 is 20.6 Å². The Labute approximate surface area is 189 Å². The fraction of sp³-hybridized carbons (Fsp3) is 0.926. The monoisotopic (exact) mass is 433 g/mol. The van der Waals surface area contributed by atoms with Gasteiger partial charge in [0.1, 0.15) is 5.60 Å². The molecule has 4 N–H and O–H groups in total. The van der Waals surface area contributed by atoms with Crippen molar-refractivity contribution in [1.82, 2.24) is 5.32 Å². The summed E-state index contributed by atoms with van der Waals surface area (Å²) in [5.41, 5.74) is 0.379. The van der Waals surface area contributed by atoms with E-state index in [2.05, 4.69) is 32.2 Å². The Morgan fingerprint density at radius 3 is 2.61 bits per heavy atom. The first kappa shape index (κ1) is 23.7. The summed E-state index contributed by atoms with van der Waals surface area (Å²) in [5, 5.41) is 36.8. The lowest BCUT2D eigenvalue weighted by Gasteiger charge is -2.59. The first-order valence-electron chi connectivity index (χ1n) is 13.2. The molecule has 178 valence electrons. The van der Waals surface area contributed by atoms with Gasteiger partial charge in [0.15, 0.2) is 0 Å². The maximum absolute atomic E-state index is 12.0. The van der Waals surface area contributed by atoms with E-state index in [4.69, 9.17) is 0 Å². The van der Waals surface area contributed by atoms with Crippen LogP contribution < -0.4 is 5.32 Å². The van der Waals surface area contributed by atoms with Crippen LogP contribution in [0.15, 0.2) is 11.6 Å². The molecule has 0 aliphatic heterocycles. The Balaban J connectivity index is 1.57. The van der Waals surface area contributed by atoms with Gasteiger partial charge in [-0.05, 0) is 88.0 Å². The van der Waals surface area contributed by atoms with Crippen LogP contribution in [0.3, 0.4) is 0 Å². The second-order valence-corrected chi connectivity index (χ2v) is 11.9. The molecule has 9 atom stereocenters. The highest BCUT2D eigenvalue weighted by atomic mass is 16.3. The minimum absolute atomic E-state index is 0.0331. The van der Waals surface area contributed by atoms with Gasteiger partial charge in [0.2, 0.25) is 0 Å². The molecule has 0 spiro atoms. The minimum atomic E-state index is -1.07. The van der Waals surface area contributed by atoms with Crippen LogP contribution in [0.25, 0.3) is 0 Å². The second-order valence-electron chi connectivity index (χ2n) is 11.9. The van der Waals surface area contributed by atoms with Crippen LogP contribution in [-0.2, 0) is 0 Å². The molecule has 0 unspecified atom stereocenters. The van der Waals surface area contributed by atoms with E-state index >= 15 is 0 Å². The minimum Gasteiger partial charge on any atom is -0.393 e. The molecular formula is C27H47NO3. The molecule has 4 nitrogen and oxygen atoms in total. The van der Waals surface area contributed by atoms with Crippen molar-refractivity contribution in [3.63, 3.8) is 0 Å². The Kier molecular flexibility index (Phi) is 6.69. The number of allylic oxidation sites excluding steroid dienone is 1. The van der Waals surface area contributed by atoms with Crippen LogP contribution >= 0.6 is 0 Å². The Bertz CT molecular complexity index is 677. The standard InChI is InChI=1S/C27H47NO3/c1-5-6-7-8-15-28-24-17-23-21-10-9-19-16-20(30)11-13-25(19,3)22(21)12-14-26(23,4)27(24,31)18(2)29/h9,18,20-24,28-31H,5-8,10-17H2,1-4H3/t18-,20+,21-,22+,23-,24+,25+,26+,27-/m1/s1. The van der Waals surface area contributed by atoms with Gasteiger partial charge in [0.25, 0.3) is 0 Å². The molecule has 0 amide bonds. The van der Waals surface area contributed by atoms with Gasteiger partial charge in [0.05, 0.1) is 12.2 Å². The summed E-state index contributed by atoms with van der Waals surface area (Å²) >= 11 is 0. The molecule has 0 heterocycles. The van der Waals surface area contributed by atoms with Crippen molar-refractivity contribution in [2.45, 2.75) is 122 Å². The zero-order chi connectivity index (χ0) is 22.4. The third kappa shape index (κ3) is 3.64. The summed E-state index contributed by atoms with van der Waals surface area (Å²) in [4.78, 5) is 0. The number of aliphatic hydroxyl groups excluding tert-OH is 2. The molecule has 0 saturated heterocycles. The van der Waals surface area contributed by atoms with E-state index in [1.807, 2.05) is 0 Å². The van der Waals surface area contributed by atoms with Crippen LogP contribution in [-0.4, -0.2) is 45.7 Å². The van der Waals surface area contributed by atoms with Crippen LogP contribution in [0.5, 0.6) is 0 Å². The van der Waals surface area contributed by atoms with Crippen molar-refractivity contribution in [2.75, 3.05) is 6.54 Å². The van der Waals surface area contributed by atoms with E-state index in [0.29, 0.717) is 17.8 Å². The van der Waals surface area contributed by atoms with Crippen molar-refractivity contribution in [3.8, 4) is 0 Å². The molecule has 0 aromatic rings. The average Bonchev–Trinajstić information content (AvgIpc) is 2.97. The van der Waals surface area contributed by atoms with Crippen LogP contribution in [0.1, 0.15) is 98.3 Å². The van der Waals surface area contributed by atoms with Gasteiger partial charge in [-0.1, -0.05) is 51.7 Å². The third-order valence-electron chi connectivity index (χ3n) is 10.5. The van der Waals surface area contributed by atoms with Gasteiger partial charge in [-0.25, -0.2) is 0 Å². The molecule has 3 fully saturated rings. The molecule has 4 aliphatic carbocycles. The number of nitrogens with one attached hydrogen (secondary N) is 1. The lowest BCUT2D eigenvalue weighted by Crippen LogP contribution is -2.63. The fourth-order valence-electron chi connectivity index (χ4n) is 8.56. The van der Waals surface area contributed by atoms with Crippen LogP contribution in [0, 0.1) is 28.6 Å². The summed E-state index contributed by atoms with van der Waals surface area (Å²) in [6, 6.07) is -0.0331. The number of hydrogen-bond donors (Lipinski definition) is 4. The topological polar surface area (TPSA) is 72.7 Å². The molecule has 3 saturated carbocycles. The lowest BCUT2D eigenvalue weighted by atomic mass is 9.46. The van der Waals surface area contributed by atoms with Gasteiger partial charge in [-0.3, -0.25) is 0 Å². The molecule has 0 aromatic carbocycles. The largest absolute Gasteiger partial charge is 0.393 e. The number of fused-ring (bicyclic) bond motifs is 5. The maximum Gasteiger partial charge on any atom is 0.111 e. The summed E-state index contributed by atoms with van der Waals surface area (Å²) in [7, 11) is 0. The average molecular weight is 434 g/mol. The number of unbranched alkanes of at least 4 members (excludes halogenated alkanes) is 3. The lowest BCUT2D eigenvalue weighted by molar-refractivity contribution is -0.178. The fourth-order valence-corrected chi connectivity index (χ4v) is 8.56. The third-order valence-corrected chi connectivity index (χ3v) is 10.5. The van der Waals surface area contributed by atoms with Crippen molar-refractivity contribution in [2.24, 2.45) is 28.6 Å². The van der Waals surface area contributed by atoms with Crippen LogP contribution in [0.2, 0.25) is 0 Å². The zero-order valence-electron chi connectivity index (χ0n) is 20.4. The predicted octanol–water partition coefficient (Wildman–Crippen LogP) is 4.57. The first-order valence-corrected chi connectivity index (χ1v) is 13.2. The highest BCUT2D eigenvalue weighted by molar-refractivity contribution is 5.27. The van der Waals surface area contributed by atoms with E-state index < -0.39 is 11.7 Å². The molecule has 0 radical (unpaired) electrons. The molecule has 4 heteroatoms. The molecule has 0 aromatic heterocycles. The van der Waals surface area contributed by atoms with E-state index in [-0.39, 0.29) is 23.0 Å². The predicted molar refractivity (Wildman–Crippen MR) is 126 cm³/mol. The first-order chi connectivity index (χ1) is 14.7. The molecule has 31 heavy (non-hydrogen) atoms. The maximum atomic E-state index is 12.0. The van der Waals surface area contributed by atoms with Crippen molar-refractivity contribution < 1.29 is 15.3 Å². The van der Waals surface area contributed by atoms with Crippen molar-refractivity contribution >= 4 is 0 Å². The van der Waals surface area contributed by atoms with Gasteiger partial charge in [-0.2, -0.15) is 0 Å². The molecule has 0 bridgehead atoms. The molecule has 4 aliphatic rings. The van der Waals surface area contributed by atoms with E-state index in [1.54, 1.807) is 6.92 Å². The summed E-state index contributed by atoms with van der Waals surface area (Å²) in [6.45, 7) is 9.68. The smallest absolute Gasteiger partial charge is 0.111 e. The highest BCUT2D eigenvalue weighted by Crippen LogP contribution is 2.67. The van der Waals surface area contributed by atoms with E-state index in [0.717, 1.165) is 57.9 Å².